The molecule has 0 spiro atoms. The second kappa shape index (κ2) is 8.04. The number of hydrogen-bond donors (Lipinski definition) is 1. The van der Waals surface area contributed by atoms with Crippen molar-refractivity contribution in [3.8, 4) is 0 Å². The second-order valence-corrected chi connectivity index (χ2v) is 8.02. The summed E-state index contributed by atoms with van der Waals surface area (Å²) in [5.74, 6) is 1.86. The summed E-state index contributed by atoms with van der Waals surface area (Å²) in [5, 5.41) is 12.4. The van der Waals surface area contributed by atoms with Gasteiger partial charge in [-0.05, 0) is 37.7 Å². The summed E-state index contributed by atoms with van der Waals surface area (Å²) in [6, 6.07) is 10.8. The van der Waals surface area contributed by atoms with E-state index >= 15 is 0 Å². The van der Waals surface area contributed by atoms with Crippen molar-refractivity contribution in [2.24, 2.45) is 5.92 Å². The Morgan fingerprint density at radius 1 is 1.28 bits per heavy atom. The zero-order valence-electron chi connectivity index (χ0n) is 15.1. The molecule has 1 aromatic carbocycles. The van der Waals surface area contributed by atoms with Crippen LogP contribution < -0.4 is 5.32 Å². The maximum Gasteiger partial charge on any atom is 0.230 e. The molecule has 0 aliphatic heterocycles. The van der Waals surface area contributed by atoms with Crippen molar-refractivity contribution in [3.05, 3.63) is 41.7 Å². The van der Waals surface area contributed by atoms with Gasteiger partial charge in [0.15, 0.2) is 5.16 Å². The van der Waals surface area contributed by atoms with Gasteiger partial charge in [-0.15, -0.1) is 10.2 Å². The minimum absolute atomic E-state index is 0.0440. The molecule has 1 aliphatic carbocycles. The van der Waals surface area contributed by atoms with Crippen molar-refractivity contribution in [1.29, 1.82) is 0 Å². The van der Waals surface area contributed by atoms with Crippen LogP contribution in [0.1, 0.15) is 56.6 Å². The number of aromatic nitrogens is 3. The third-order valence-electron chi connectivity index (χ3n) is 4.32. The van der Waals surface area contributed by atoms with E-state index in [2.05, 4.69) is 46.1 Å². The molecule has 3 rings (SSSR count). The first-order valence-electron chi connectivity index (χ1n) is 8.93. The van der Waals surface area contributed by atoms with Gasteiger partial charge in [-0.3, -0.25) is 4.79 Å². The van der Waals surface area contributed by atoms with E-state index in [0.717, 1.165) is 23.0 Å². The molecule has 1 N–H and O–H groups in total. The quantitative estimate of drug-likeness (QED) is 0.727. The number of thioether (sulfide) groups is 1. The Bertz CT molecular complexity index is 709. The highest BCUT2D eigenvalue weighted by Crippen LogP contribution is 2.38. The lowest BCUT2D eigenvalue weighted by Crippen LogP contribution is -2.31. The largest absolute Gasteiger partial charge is 0.349 e. The van der Waals surface area contributed by atoms with Crippen molar-refractivity contribution >= 4 is 17.7 Å². The molecule has 25 heavy (non-hydrogen) atoms. The summed E-state index contributed by atoms with van der Waals surface area (Å²) in [5.41, 5.74) is 1.16. The molecule has 6 heteroatoms. The first-order chi connectivity index (χ1) is 12.0. The van der Waals surface area contributed by atoms with Crippen molar-refractivity contribution in [1.82, 2.24) is 20.1 Å². The molecule has 0 radical (unpaired) electrons. The van der Waals surface area contributed by atoms with Gasteiger partial charge in [-0.1, -0.05) is 55.9 Å². The third kappa shape index (κ3) is 4.84. The maximum absolute atomic E-state index is 12.5. The number of amides is 1. The third-order valence-corrected chi connectivity index (χ3v) is 5.27. The highest BCUT2D eigenvalue weighted by atomic mass is 32.2. The molecule has 1 aromatic heterocycles. The van der Waals surface area contributed by atoms with Crippen LogP contribution in [0.3, 0.4) is 0 Å². The molecular formula is C19H26N4OS. The molecule has 1 heterocycles. The molecule has 134 valence electrons. The molecule has 1 saturated carbocycles. The fraction of sp³-hybridized carbons (Fsp3) is 0.526. The zero-order valence-corrected chi connectivity index (χ0v) is 15.9. The smallest absolute Gasteiger partial charge is 0.230 e. The molecule has 2 aromatic rings. The van der Waals surface area contributed by atoms with Crippen LogP contribution in [0.4, 0.5) is 0 Å². The van der Waals surface area contributed by atoms with E-state index in [9.17, 15) is 4.79 Å². The Morgan fingerprint density at radius 2 is 2.00 bits per heavy atom. The van der Waals surface area contributed by atoms with Gasteiger partial charge in [0.2, 0.25) is 5.91 Å². The van der Waals surface area contributed by atoms with E-state index < -0.39 is 0 Å². The number of rotatable bonds is 8. The van der Waals surface area contributed by atoms with Crippen LogP contribution in [0.2, 0.25) is 0 Å². The van der Waals surface area contributed by atoms with E-state index in [1.54, 1.807) is 0 Å². The van der Waals surface area contributed by atoms with Crippen LogP contribution in [-0.2, 0) is 4.79 Å². The Kier molecular flexibility index (Phi) is 5.78. The number of carbonyl (C=O) groups is 1. The predicted molar refractivity (Wildman–Crippen MR) is 101 cm³/mol. The average molecular weight is 359 g/mol. The van der Waals surface area contributed by atoms with E-state index in [1.165, 1.54) is 24.6 Å². The number of carbonyl (C=O) groups excluding carboxylic acids is 1. The molecule has 0 saturated heterocycles. The summed E-state index contributed by atoms with van der Waals surface area (Å²) in [6.07, 6.45) is 3.30. The topological polar surface area (TPSA) is 59.8 Å². The Labute approximate surface area is 153 Å². The molecule has 1 atom stereocenters. The Morgan fingerprint density at radius 3 is 2.64 bits per heavy atom. The average Bonchev–Trinajstić information content (AvgIpc) is 3.35. The molecule has 1 fully saturated rings. The summed E-state index contributed by atoms with van der Waals surface area (Å²) in [6.45, 7) is 6.33. The van der Waals surface area contributed by atoms with E-state index in [4.69, 9.17) is 0 Å². The van der Waals surface area contributed by atoms with Crippen LogP contribution in [-0.4, -0.2) is 26.4 Å². The van der Waals surface area contributed by atoms with Gasteiger partial charge in [0.05, 0.1) is 11.8 Å². The standard InChI is InChI=1S/C19H26N4OS/c1-13(2)11-17(15-7-5-4-6-8-15)20-18(24)12-25-19-22-21-14(3)23(19)16-9-10-16/h4-8,13,16-17H,9-12H2,1-3H3,(H,20,24)/t17-/m1/s1. The van der Waals surface area contributed by atoms with Crippen LogP contribution >= 0.6 is 11.8 Å². The van der Waals surface area contributed by atoms with Crippen LogP contribution in [0.5, 0.6) is 0 Å². The van der Waals surface area contributed by atoms with E-state index in [-0.39, 0.29) is 11.9 Å². The van der Waals surface area contributed by atoms with Gasteiger partial charge in [-0.25, -0.2) is 0 Å². The first kappa shape index (κ1) is 18.0. The zero-order chi connectivity index (χ0) is 17.8. The molecule has 1 amide bonds. The lowest BCUT2D eigenvalue weighted by molar-refractivity contribution is -0.119. The minimum atomic E-state index is 0.0440. The number of nitrogens with zero attached hydrogens (tertiary/aromatic N) is 3. The van der Waals surface area contributed by atoms with Crippen LogP contribution in [0, 0.1) is 12.8 Å². The second-order valence-electron chi connectivity index (χ2n) is 7.08. The molecule has 0 bridgehead atoms. The highest BCUT2D eigenvalue weighted by molar-refractivity contribution is 7.99. The summed E-state index contributed by atoms with van der Waals surface area (Å²) in [7, 11) is 0. The molecule has 1 aliphatic rings. The normalized spacial score (nSPS) is 15.4. The fourth-order valence-corrected chi connectivity index (χ4v) is 3.87. The molecule has 0 unspecified atom stereocenters. The molecular weight excluding hydrogens is 332 g/mol. The van der Waals surface area contributed by atoms with Gasteiger partial charge < -0.3 is 9.88 Å². The summed E-state index contributed by atoms with van der Waals surface area (Å²) >= 11 is 1.48. The Hall–Kier alpha value is -1.82. The van der Waals surface area contributed by atoms with Crippen LogP contribution in [0.25, 0.3) is 0 Å². The highest BCUT2D eigenvalue weighted by Gasteiger charge is 2.28. The lowest BCUT2D eigenvalue weighted by atomic mass is 9.97. The van der Waals surface area contributed by atoms with Crippen molar-refractivity contribution in [2.45, 2.75) is 57.3 Å². The van der Waals surface area contributed by atoms with Gasteiger partial charge in [-0.2, -0.15) is 0 Å². The van der Waals surface area contributed by atoms with Gasteiger partial charge in [0.25, 0.3) is 0 Å². The minimum Gasteiger partial charge on any atom is -0.349 e. The number of aryl methyl sites for hydroxylation is 1. The number of benzene rings is 1. The van der Waals surface area contributed by atoms with Crippen LogP contribution in [0.15, 0.2) is 35.5 Å². The predicted octanol–water partition coefficient (Wildman–Crippen LogP) is 3.92. The Balaban J connectivity index is 1.60. The lowest BCUT2D eigenvalue weighted by Gasteiger charge is -2.21. The van der Waals surface area contributed by atoms with E-state index in [0.29, 0.717) is 17.7 Å². The maximum atomic E-state index is 12.5. The fourth-order valence-electron chi connectivity index (χ4n) is 3.00. The van der Waals surface area contributed by atoms with E-state index in [1.807, 2.05) is 25.1 Å². The van der Waals surface area contributed by atoms with Crippen molar-refractivity contribution in [2.75, 3.05) is 5.75 Å². The first-order valence-corrected chi connectivity index (χ1v) is 9.91. The van der Waals surface area contributed by atoms with Gasteiger partial charge in [0, 0.05) is 6.04 Å². The monoisotopic (exact) mass is 358 g/mol. The van der Waals surface area contributed by atoms with Crippen molar-refractivity contribution < 1.29 is 4.79 Å². The van der Waals surface area contributed by atoms with Crippen molar-refractivity contribution in [3.63, 3.8) is 0 Å². The SMILES string of the molecule is Cc1nnc(SCC(=O)N[C@H](CC(C)C)c2ccccc2)n1C1CC1. The number of hydrogen-bond acceptors (Lipinski definition) is 4. The summed E-state index contributed by atoms with van der Waals surface area (Å²) < 4.78 is 2.17. The van der Waals surface area contributed by atoms with Gasteiger partial charge in [0.1, 0.15) is 5.82 Å². The van der Waals surface area contributed by atoms with Gasteiger partial charge >= 0.3 is 0 Å². The summed E-state index contributed by atoms with van der Waals surface area (Å²) in [4.78, 5) is 12.5. The molecule has 5 nitrogen and oxygen atoms in total. The number of nitrogens with one attached hydrogen (secondary N) is 1.